The molecule has 0 aliphatic heterocycles. The molecule has 2 atom stereocenters. The number of carbonyl (C=O) groups excluding carboxylic acids is 2. The molecule has 0 saturated carbocycles. The van der Waals surface area contributed by atoms with Crippen LogP contribution in [0, 0.1) is 11.7 Å². The summed E-state index contributed by atoms with van der Waals surface area (Å²) in [6, 6.07) is 11.8. The van der Waals surface area contributed by atoms with Crippen LogP contribution >= 0.6 is 0 Å². The molecule has 33 heavy (non-hydrogen) atoms. The second kappa shape index (κ2) is 9.81. The number of aromatic amines is 1. The van der Waals surface area contributed by atoms with Crippen LogP contribution in [0.25, 0.3) is 11.4 Å². The lowest BCUT2D eigenvalue weighted by atomic mass is 9.80. The van der Waals surface area contributed by atoms with E-state index in [2.05, 4.69) is 32.7 Å². The van der Waals surface area contributed by atoms with Crippen LogP contribution in [0.2, 0.25) is 0 Å². The molecule has 172 valence electrons. The van der Waals surface area contributed by atoms with Crippen LogP contribution in [0.3, 0.4) is 0 Å². The van der Waals surface area contributed by atoms with Crippen molar-refractivity contribution in [1.82, 2.24) is 25.8 Å². The van der Waals surface area contributed by atoms with Crippen LogP contribution in [0.4, 0.5) is 9.18 Å². The predicted octanol–water partition coefficient (Wildman–Crippen LogP) is 3.91. The molecule has 4 rings (SSSR count). The molecule has 0 saturated heterocycles. The van der Waals surface area contributed by atoms with Gasteiger partial charge in [0.05, 0.1) is 12.6 Å². The maximum Gasteiger partial charge on any atom is 0.375 e. The second-order valence-electron chi connectivity index (χ2n) is 8.06. The number of benzene rings is 2. The Morgan fingerprint density at radius 3 is 2.88 bits per heavy atom. The number of nitrogens with zero attached hydrogens (tertiary/aromatic N) is 2. The number of hydrogen-bond acceptors (Lipinski definition) is 5. The molecule has 2 unspecified atom stereocenters. The molecule has 1 aromatic heterocycles. The minimum absolute atomic E-state index is 0.0353. The van der Waals surface area contributed by atoms with Gasteiger partial charge in [0.15, 0.2) is 5.82 Å². The number of fused-ring (bicyclic) bond motifs is 1. The fraction of sp³-hybridized carbons (Fsp3) is 0.333. The molecular formula is C24H26FN5O3. The fourth-order valence-corrected chi connectivity index (χ4v) is 4.07. The molecule has 3 aromatic rings. The monoisotopic (exact) mass is 451 g/mol. The Morgan fingerprint density at radius 1 is 1.24 bits per heavy atom. The van der Waals surface area contributed by atoms with E-state index in [0.717, 1.165) is 17.5 Å². The smallest absolute Gasteiger partial charge is 0.375 e. The third-order valence-electron chi connectivity index (χ3n) is 5.79. The van der Waals surface area contributed by atoms with E-state index in [1.165, 1.54) is 6.07 Å². The molecule has 0 bridgehead atoms. The van der Waals surface area contributed by atoms with Gasteiger partial charge in [0.1, 0.15) is 5.82 Å². The lowest BCUT2D eigenvalue weighted by molar-refractivity contribution is 0.0512. The standard InChI is InChI=1S/C24H26FN5O3/c1-3-33-23(31)22-28-21(29-30-22)16-7-4-6-15(12-16)13-26-24(32)27-20-14(2)10-11-17-18(20)8-5-9-19(17)25/h4-9,12,14,20H,3,10-11,13H2,1-2H3,(H2,26,27,32)(H,28,29,30). The minimum Gasteiger partial charge on any atom is -0.460 e. The van der Waals surface area contributed by atoms with E-state index in [1.807, 2.05) is 30.3 Å². The van der Waals surface area contributed by atoms with Crippen molar-refractivity contribution in [2.24, 2.45) is 5.92 Å². The van der Waals surface area contributed by atoms with Gasteiger partial charge in [0, 0.05) is 12.1 Å². The van der Waals surface area contributed by atoms with E-state index in [4.69, 9.17) is 4.74 Å². The van der Waals surface area contributed by atoms with Gasteiger partial charge in [-0.1, -0.05) is 37.3 Å². The lowest BCUT2D eigenvalue weighted by Gasteiger charge is -2.32. The summed E-state index contributed by atoms with van der Waals surface area (Å²) in [5.41, 5.74) is 3.07. The van der Waals surface area contributed by atoms with Crippen molar-refractivity contribution in [2.45, 2.75) is 39.3 Å². The van der Waals surface area contributed by atoms with Gasteiger partial charge >= 0.3 is 12.0 Å². The van der Waals surface area contributed by atoms with E-state index in [0.29, 0.717) is 23.4 Å². The van der Waals surface area contributed by atoms with Gasteiger partial charge in [-0.2, -0.15) is 5.10 Å². The summed E-state index contributed by atoms with van der Waals surface area (Å²) in [5.74, 6) is -0.189. The summed E-state index contributed by atoms with van der Waals surface area (Å²) >= 11 is 0. The third kappa shape index (κ3) is 5.02. The number of rotatable bonds is 6. The summed E-state index contributed by atoms with van der Waals surface area (Å²) in [6.07, 6.45) is 1.49. The SMILES string of the molecule is CCOC(=O)c1nc(-c2cccc(CNC(=O)NC3c4cccc(F)c4CCC3C)c2)n[nH]1. The summed E-state index contributed by atoms with van der Waals surface area (Å²) in [4.78, 5) is 28.6. The summed E-state index contributed by atoms with van der Waals surface area (Å²) < 4.78 is 19.1. The molecule has 0 fully saturated rings. The van der Waals surface area contributed by atoms with E-state index >= 15 is 0 Å². The maximum atomic E-state index is 14.2. The highest BCUT2D eigenvalue weighted by molar-refractivity contribution is 5.85. The Morgan fingerprint density at radius 2 is 2.06 bits per heavy atom. The second-order valence-corrected chi connectivity index (χ2v) is 8.06. The Labute approximate surface area is 191 Å². The number of carbonyl (C=O) groups is 2. The van der Waals surface area contributed by atoms with Crippen LogP contribution in [0.15, 0.2) is 42.5 Å². The molecule has 0 spiro atoms. The number of nitrogens with one attached hydrogen (secondary N) is 3. The number of ether oxygens (including phenoxy) is 1. The average molecular weight is 452 g/mol. The van der Waals surface area contributed by atoms with Gasteiger partial charge < -0.3 is 15.4 Å². The number of esters is 1. The summed E-state index contributed by atoms with van der Waals surface area (Å²) in [7, 11) is 0. The van der Waals surface area contributed by atoms with Crippen LogP contribution in [0.5, 0.6) is 0 Å². The third-order valence-corrected chi connectivity index (χ3v) is 5.79. The topological polar surface area (TPSA) is 109 Å². The van der Waals surface area contributed by atoms with E-state index < -0.39 is 5.97 Å². The van der Waals surface area contributed by atoms with Gasteiger partial charge in [-0.3, -0.25) is 5.10 Å². The number of aromatic nitrogens is 3. The van der Waals surface area contributed by atoms with Crippen molar-refractivity contribution in [3.8, 4) is 11.4 Å². The average Bonchev–Trinajstić information content (AvgIpc) is 3.31. The quantitative estimate of drug-likeness (QED) is 0.493. The van der Waals surface area contributed by atoms with E-state index in [-0.39, 0.29) is 42.8 Å². The zero-order valence-electron chi connectivity index (χ0n) is 18.5. The van der Waals surface area contributed by atoms with Crippen LogP contribution in [0.1, 0.15) is 53.6 Å². The maximum absolute atomic E-state index is 14.2. The van der Waals surface area contributed by atoms with Gasteiger partial charge in [-0.15, -0.1) is 0 Å². The Hall–Kier alpha value is -3.75. The zero-order chi connectivity index (χ0) is 23.4. The first-order valence-corrected chi connectivity index (χ1v) is 11.0. The van der Waals surface area contributed by atoms with E-state index in [1.54, 1.807) is 13.0 Å². The molecule has 1 aliphatic carbocycles. The molecule has 1 heterocycles. The molecule has 1 aliphatic rings. The molecule has 3 N–H and O–H groups in total. The first-order valence-electron chi connectivity index (χ1n) is 11.0. The zero-order valence-corrected chi connectivity index (χ0v) is 18.5. The largest absolute Gasteiger partial charge is 0.460 e. The van der Waals surface area contributed by atoms with Crippen LogP contribution < -0.4 is 10.6 Å². The molecule has 2 amide bonds. The molecule has 9 heteroatoms. The number of hydrogen-bond donors (Lipinski definition) is 3. The van der Waals surface area contributed by atoms with Crippen molar-refractivity contribution < 1.29 is 18.7 Å². The highest BCUT2D eigenvalue weighted by atomic mass is 19.1. The number of halogens is 1. The highest BCUT2D eigenvalue weighted by Gasteiger charge is 2.29. The molecule has 0 radical (unpaired) electrons. The Balaban J connectivity index is 1.40. The van der Waals surface area contributed by atoms with Crippen LogP contribution in [-0.2, 0) is 17.7 Å². The summed E-state index contributed by atoms with van der Waals surface area (Å²) in [6.45, 7) is 4.31. The lowest BCUT2D eigenvalue weighted by Crippen LogP contribution is -2.41. The van der Waals surface area contributed by atoms with Gasteiger partial charge in [-0.25, -0.2) is 19.0 Å². The van der Waals surface area contributed by atoms with Gasteiger partial charge in [0.2, 0.25) is 5.82 Å². The number of amides is 2. The number of H-pyrrole nitrogens is 1. The minimum atomic E-state index is -0.566. The predicted molar refractivity (Wildman–Crippen MR) is 120 cm³/mol. The van der Waals surface area contributed by atoms with E-state index in [9.17, 15) is 14.0 Å². The molecule has 2 aromatic carbocycles. The number of urea groups is 1. The van der Waals surface area contributed by atoms with Crippen molar-refractivity contribution in [2.75, 3.05) is 6.61 Å². The van der Waals surface area contributed by atoms with Crippen molar-refractivity contribution in [3.05, 3.63) is 70.8 Å². The highest BCUT2D eigenvalue weighted by Crippen LogP contribution is 2.35. The fourth-order valence-electron chi connectivity index (χ4n) is 4.07. The summed E-state index contributed by atoms with van der Waals surface area (Å²) in [5, 5.41) is 12.5. The van der Waals surface area contributed by atoms with Gasteiger partial charge in [0.25, 0.3) is 0 Å². The molecule has 8 nitrogen and oxygen atoms in total. The Bertz CT molecular complexity index is 1160. The first-order chi connectivity index (χ1) is 16.0. The van der Waals surface area contributed by atoms with Crippen molar-refractivity contribution in [3.63, 3.8) is 0 Å². The Kier molecular flexibility index (Phi) is 6.67. The van der Waals surface area contributed by atoms with Crippen molar-refractivity contribution >= 4 is 12.0 Å². The normalized spacial score (nSPS) is 17.2. The van der Waals surface area contributed by atoms with Crippen LogP contribution in [-0.4, -0.2) is 33.8 Å². The molecular weight excluding hydrogens is 425 g/mol. The van der Waals surface area contributed by atoms with Crippen molar-refractivity contribution in [1.29, 1.82) is 0 Å². The first kappa shape index (κ1) is 22.4. The van der Waals surface area contributed by atoms with Gasteiger partial charge in [-0.05, 0) is 54.5 Å².